The SMILES string of the molecule is CNCC(CCl)c1ccc(OC)c(OC)c1.Cl. The summed E-state index contributed by atoms with van der Waals surface area (Å²) in [5, 5.41) is 3.13. The lowest BCUT2D eigenvalue weighted by Gasteiger charge is -2.16. The topological polar surface area (TPSA) is 30.5 Å². The fraction of sp³-hybridized carbons (Fsp3) is 0.500. The first kappa shape index (κ1) is 16.4. The third kappa shape index (κ3) is 4.26. The molecular weight excluding hydrogens is 261 g/mol. The van der Waals surface area contributed by atoms with Gasteiger partial charge in [-0.15, -0.1) is 24.0 Å². The molecule has 0 amide bonds. The molecule has 1 rings (SSSR count). The van der Waals surface area contributed by atoms with Gasteiger partial charge in [0.25, 0.3) is 0 Å². The van der Waals surface area contributed by atoms with Gasteiger partial charge >= 0.3 is 0 Å². The second kappa shape index (κ2) is 8.45. The molecule has 1 unspecified atom stereocenters. The van der Waals surface area contributed by atoms with E-state index in [4.69, 9.17) is 21.1 Å². The molecule has 98 valence electrons. The highest BCUT2D eigenvalue weighted by molar-refractivity contribution is 6.18. The molecule has 0 spiro atoms. The first-order chi connectivity index (χ1) is 7.76. The van der Waals surface area contributed by atoms with Crippen LogP contribution >= 0.6 is 24.0 Å². The minimum Gasteiger partial charge on any atom is -0.493 e. The predicted molar refractivity (Wildman–Crippen MR) is 74.2 cm³/mol. The Kier molecular flexibility index (Phi) is 8.13. The summed E-state index contributed by atoms with van der Waals surface area (Å²) < 4.78 is 10.5. The summed E-state index contributed by atoms with van der Waals surface area (Å²) in [6, 6.07) is 5.90. The summed E-state index contributed by atoms with van der Waals surface area (Å²) >= 11 is 5.94. The Labute approximate surface area is 114 Å². The molecule has 1 atom stereocenters. The zero-order chi connectivity index (χ0) is 12.0. The number of halogens is 2. The van der Waals surface area contributed by atoms with Gasteiger partial charge in [0.15, 0.2) is 11.5 Å². The van der Waals surface area contributed by atoms with Gasteiger partial charge in [0, 0.05) is 18.3 Å². The fourth-order valence-corrected chi connectivity index (χ4v) is 1.90. The molecule has 0 aliphatic carbocycles. The highest BCUT2D eigenvalue weighted by atomic mass is 35.5. The van der Waals surface area contributed by atoms with E-state index in [1.165, 1.54) is 0 Å². The monoisotopic (exact) mass is 279 g/mol. The average Bonchev–Trinajstić information content (AvgIpc) is 2.35. The van der Waals surface area contributed by atoms with Crippen molar-refractivity contribution in [1.29, 1.82) is 0 Å². The van der Waals surface area contributed by atoms with Crippen LogP contribution in [0.3, 0.4) is 0 Å². The molecule has 0 radical (unpaired) electrons. The van der Waals surface area contributed by atoms with Crippen LogP contribution in [0.25, 0.3) is 0 Å². The molecule has 0 aliphatic rings. The number of methoxy groups -OCH3 is 2. The number of benzene rings is 1. The summed E-state index contributed by atoms with van der Waals surface area (Å²) in [4.78, 5) is 0. The van der Waals surface area contributed by atoms with E-state index in [-0.39, 0.29) is 18.3 Å². The number of rotatable bonds is 6. The Bertz CT molecular complexity index is 334. The molecule has 17 heavy (non-hydrogen) atoms. The van der Waals surface area contributed by atoms with Crippen LogP contribution in [0.2, 0.25) is 0 Å². The average molecular weight is 280 g/mol. The maximum Gasteiger partial charge on any atom is 0.160 e. The van der Waals surface area contributed by atoms with Crippen LogP contribution in [0.5, 0.6) is 11.5 Å². The van der Waals surface area contributed by atoms with Crippen molar-refractivity contribution in [2.75, 3.05) is 33.7 Å². The zero-order valence-electron chi connectivity index (χ0n) is 10.3. The predicted octanol–water partition coefficient (Wildman–Crippen LogP) is 2.67. The fourth-order valence-electron chi connectivity index (χ4n) is 1.61. The second-order valence-electron chi connectivity index (χ2n) is 3.52. The van der Waals surface area contributed by atoms with Crippen LogP contribution in [0.1, 0.15) is 11.5 Å². The van der Waals surface area contributed by atoms with Crippen molar-refractivity contribution in [3.63, 3.8) is 0 Å². The smallest absolute Gasteiger partial charge is 0.160 e. The van der Waals surface area contributed by atoms with E-state index in [9.17, 15) is 0 Å². The van der Waals surface area contributed by atoms with Gasteiger partial charge in [-0.25, -0.2) is 0 Å². The Morgan fingerprint density at radius 2 is 1.88 bits per heavy atom. The molecule has 0 heterocycles. The Balaban J connectivity index is 0.00000256. The van der Waals surface area contributed by atoms with E-state index in [0.717, 1.165) is 23.6 Å². The van der Waals surface area contributed by atoms with E-state index >= 15 is 0 Å². The van der Waals surface area contributed by atoms with Crippen LogP contribution in [-0.4, -0.2) is 33.7 Å². The summed E-state index contributed by atoms with van der Waals surface area (Å²) in [6.07, 6.45) is 0. The summed E-state index contributed by atoms with van der Waals surface area (Å²) in [5.74, 6) is 2.35. The lowest BCUT2D eigenvalue weighted by Crippen LogP contribution is -2.18. The third-order valence-corrected chi connectivity index (χ3v) is 2.89. The van der Waals surface area contributed by atoms with E-state index in [1.807, 2.05) is 25.2 Å². The molecule has 0 saturated heterocycles. The van der Waals surface area contributed by atoms with Gasteiger partial charge in [-0.05, 0) is 24.7 Å². The van der Waals surface area contributed by atoms with Crippen LogP contribution in [0, 0.1) is 0 Å². The maximum atomic E-state index is 5.94. The quantitative estimate of drug-likeness (QED) is 0.813. The Morgan fingerprint density at radius 1 is 1.24 bits per heavy atom. The van der Waals surface area contributed by atoms with Crippen molar-refractivity contribution < 1.29 is 9.47 Å². The van der Waals surface area contributed by atoms with Crippen molar-refractivity contribution in [2.24, 2.45) is 0 Å². The number of nitrogens with one attached hydrogen (secondary N) is 1. The molecule has 0 saturated carbocycles. The molecule has 0 aromatic heterocycles. The molecule has 1 aromatic rings. The van der Waals surface area contributed by atoms with Gasteiger partial charge in [-0.2, -0.15) is 0 Å². The molecule has 1 aromatic carbocycles. The number of alkyl halides is 1. The van der Waals surface area contributed by atoms with Crippen LogP contribution < -0.4 is 14.8 Å². The number of hydrogen-bond acceptors (Lipinski definition) is 3. The van der Waals surface area contributed by atoms with Crippen LogP contribution in [0.15, 0.2) is 18.2 Å². The zero-order valence-corrected chi connectivity index (χ0v) is 11.9. The van der Waals surface area contributed by atoms with E-state index in [2.05, 4.69) is 5.32 Å². The number of hydrogen-bond donors (Lipinski definition) is 1. The number of likely N-dealkylation sites (N-methyl/N-ethyl adjacent to an activating group) is 1. The van der Waals surface area contributed by atoms with Crippen molar-refractivity contribution in [2.45, 2.75) is 5.92 Å². The molecule has 5 heteroatoms. The van der Waals surface area contributed by atoms with E-state index in [1.54, 1.807) is 14.2 Å². The summed E-state index contributed by atoms with van der Waals surface area (Å²) in [6.45, 7) is 0.846. The van der Waals surface area contributed by atoms with E-state index in [0.29, 0.717) is 5.88 Å². The van der Waals surface area contributed by atoms with Crippen molar-refractivity contribution in [3.05, 3.63) is 23.8 Å². The third-order valence-electron chi connectivity index (χ3n) is 2.52. The molecule has 3 nitrogen and oxygen atoms in total. The summed E-state index contributed by atoms with van der Waals surface area (Å²) in [7, 11) is 5.18. The standard InChI is InChI=1S/C12H18ClNO2.ClH/c1-14-8-10(7-13)9-4-5-11(15-2)12(6-9)16-3;/h4-6,10,14H,7-8H2,1-3H3;1H. The van der Waals surface area contributed by atoms with Gasteiger partial charge in [-0.3, -0.25) is 0 Å². The lowest BCUT2D eigenvalue weighted by molar-refractivity contribution is 0.354. The molecule has 1 N–H and O–H groups in total. The Hall–Kier alpha value is -0.640. The van der Waals surface area contributed by atoms with Gasteiger partial charge in [0.1, 0.15) is 0 Å². The van der Waals surface area contributed by atoms with Gasteiger partial charge < -0.3 is 14.8 Å². The van der Waals surface area contributed by atoms with Crippen molar-refractivity contribution in [1.82, 2.24) is 5.32 Å². The highest BCUT2D eigenvalue weighted by Crippen LogP contribution is 2.30. The van der Waals surface area contributed by atoms with Crippen molar-refractivity contribution in [3.8, 4) is 11.5 Å². The van der Waals surface area contributed by atoms with E-state index < -0.39 is 0 Å². The second-order valence-corrected chi connectivity index (χ2v) is 3.83. The molecule has 0 fully saturated rings. The number of ether oxygens (including phenoxy) is 2. The van der Waals surface area contributed by atoms with Crippen LogP contribution in [0.4, 0.5) is 0 Å². The first-order valence-electron chi connectivity index (χ1n) is 5.19. The highest BCUT2D eigenvalue weighted by Gasteiger charge is 2.12. The van der Waals surface area contributed by atoms with Crippen LogP contribution in [-0.2, 0) is 0 Å². The van der Waals surface area contributed by atoms with Gasteiger partial charge in [0.2, 0.25) is 0 Å². The molecule has 0 aliphatic heterocycles. The first-order valence-corrected chi connectivity index (χ1v) is 5.72. The Morgan fingerprint density at radius 3 is 2.35 bits per heavy atom. The largest absolute Gasteiger partial charge is 0.493 e. The minimum atomic E-state index is 0. The summed E-state index contributed by atoms with van der Waals surface area (Å²) in [5.41, 5.74) is 1.15. The van der Waals surface area contributed by atoms with Gasteiger partial charge in [-0.1, -0.05) is 6.07 Å². The minimum absolute atomic E-state index is 0. The lowest BCUT2D eigenvalue weighted by atomic mass is 10.0. The van der Waals surface area contributed by atoms with Crippen molar-refractivity contribution >= 4 is 24.0 Å². The van der Waals surface area contributed by atoms with Gasteiger partial charge in [0.05, 0.1) is 14.2 Å². The molecular formula is C12H19Cl2NO2. The maximum absolute atomic E-state index is 5.94. The normalized spacial score (nSPS) is 11.5. The molecule has 0 bridgehead atoms.